The minimum Gasteiger partial charge on any atom is -0.464 e. The van der Waals surface area contributed by atoms with Gasteiger partial charge >= 0.3 is 24.0 Å². The van der Waals surface area contributed by atoms with Gasteiger partial charge in [0.2, 0.25) is 0 Å². The Morgan fingerprint density at radius 2 is 1.65 bits per heavy atom. The first-order valence-corrected chi connectivity index (χ1v) is 7.35. The Morgan fingerprint density at radius 1 is 1.09 bits per heavy atom. The van der Waals surface area contributed by atoms with E-state index in [0.29, 0.717) is 6.42 Å². The molecule has 0 heterocycles. The van der Waals surface area contributed by atoms with Crippen LogP contribution in [0.15, 0.2) is 0 Å². The highest BCUT2D eigenvalue weighted by Gasteiger charge is 2.63. The standard InChI is InChI=1S/C14H22F5NO3/c1-4-5-6-7-23-11(21)10(8-9(2)3)20-12(22)13(15,16)14(17,18)19/h9-10H,4-8H2,1-3H3,(H,20,22). The quantitative estimate of drug-likeness (QED) is 0.395. The van der Waals surface area contributed by atoms with Crippen LogP contribution >= 0.6 is 0 Å². The van der Waals surface area contributed by atoms with E-state index in [9.17, 15) is 31.5 Å². The molecule has 0 aromatic rings. The van der Waals surface area contributed by atoms with E-state index >= 15 is 0 Å². The zero-order chi connectivity index (χ0) is 18.3. The minimum absolute atomic E-state index is 0.0206. The second-order valence-corrected chi connectivity index (χ2v) is 5.60. The van der Waals surface area contributed by atoms with Crippen LogP contribution in [0.4, 0.5) is 22.0 Å². The molecule has 0 spiro atoms. The molecule has 0 saturated heterocycles. The van der Waals surface area contributed by atoms with Gasteiger partial charge in [0.1, 0.15) is 6.04 Å². The van der Waals surface area contributed by atoms with Crippen molar-refractivity contribution in [1.82, 2.24) is 5.32 Å². The Balaban J connectivity index is 4.85. The third-order valence-corrected chi connectivity index (χ3v) is 2.93. The van der Waals surface area contributed by atoms with E-state index in [1.54, 1.807) is 13.8 Å². The van der Waals surface area contributed by atoms with Crippen molar-refractivity contribution >= 4 is 11.9 Å². The van der Waals surface area contributed by atoms with Crippen LogP contribution in [-0.2, 0) is 14.3 Å². The number of halogens is 5. The van der Waals surface area contributed by atoms with Crippen LogP contribution in [-0.4, -0.2) is 36.6 Å². The summed E-state index contributed by atoms with van der Waals surface area (Å²) in [5.41, 5.74) is 0. The minimum atomic E-state index is -6.02. The van der Waals surface area contributed by atoms with Crippen molar-refractivity contribution in [3.63, 3.8) is 0 Å². The maximum Gasteiger partial charge on any atom is 0.463 e. The van der Waals surface area contributed by atoms with Gasteiger partial charge < -0.3 is 10.1 Å². The van der Waals surface area contributed by atoms with Gasteiger partial charge in [0.05, 0.1) is 6.61 Å². The Morgan fingerprint density at radius 3 is 2.09 bits per heavy atom. The number of carbonyl (C=O) groups is 2. The van der Waals surface area contributed by atoms with E-state index in [0.717, 1.165) is 12.8 Å². The lowest BCUT2D eigenvalue weighted by Crippen LogP contribution is -2.55. The molecule has 0 saturated carbocycles. The number of carbonyl (C=O) groups excluding carboxylic acids is 2. The monoisotopic (exact) mass is 347 g/mol. The zero-order valence-corrected chi connectivity index (χ0v) is 13.3. The lowest BCUT2D eigenvalue weighted by Gasteiger charge is -2.23. The molecule has 0 aliphatic carbocycles. The molecule has 4 nitrogen and oxygen atoms in total. The molecule has 0 aromatic carbocycles. The second kappa shape index (κ2) is 9.02. The molecular formula is C14H22F5NO3. The fraction of sp³-hybridized carbons (Fsp3) is 0.857. The molecule has 0 rings (SSSR count). The molecule has 1 N–H and O–H groups in total. The lowest BCUT2D eigenvalue weighted by molar-refractivity contribution is -0.270. The van der Waals surface area contributed by atoms with Crippen LogP contribution in [0.25, 0.3) is 0 Å². The summed E-state index contributed by atoms with van der Waals surface area (Å²) in [7, 11) is 0. The third kappa shape index (κ3) is 7.13. The molecular weight excluding hydrogens is 325 g/mol. The van der Waals surface area contributed by atoms with Crippen LogP contribution in [0, 0.1) is 5.92 Å². The Bertz CT molecular complexity index is 396. The summed E-state index contributed by atoms with van der Waals surface area (Å²) in [5, 5.41) is 1.45. The Labute approximate surface area is 131 Å². The van der Waals surface area contributed by atoms with E-state index in [-0.39, 0.29) is 18.9 Å². The van der Waals surface area contributed by atoms with E-state index < -0.39 is 30.0 Å². The summed E-state index contributed by atoms with van der Waals surface area (Å²) >= 11 is 0. The average molecular weight is 347 g/mol. The molecule has 0 fully saturated rings. The molecule has 136 valence electrons. The third-order valence-electron chi connectivity index (χ3n) is 2.93. The number of ether oxygens (including phenoxy) is 1. The Hall–Kier alpha value is -1.41. The number of nitrogens with one attached hydrogen (secondary N) is 1. The van der Waals surface area contributed by atoms with Crippen molar-refractivity contribution in [2.75, 3.05) is 6.61 Å². The van der Waals surface area contributed by atoms with Crippen LogP contribution in [0.1, 0.15) is 46.5 Å². The van der Waals surface area contributed by atoms with Gasteiger partial charge in [-0.15, -0.1) is 0 Å². The van der Waals surface area contributed by atoms with Crippen LogP contribution < -0.4 is 5.32 Å². The molecule has 1 amide bonds. The first-order valence-electron chi connectivity index (χ1n) is 7.35. The number of hydrogen-bond acceptors (Lipinski definition) is 3. The van der Waals surface area contributed by atoms with E-state index in [4.69, 9.17) is 4.74 Å². The average Bonchev–Trinajstić information content (AvgIpc) is 2.40. The summed E-state index contributed by atoms with van der Waals surface area (Å²) in [6.45, 7) is 5.20. The summed E-state index contributed by atoms with van der Waals surface area (Å²) in [6, 6.07) is -1.54. The van der Waals surface area contributed by atoms with Crippen molar-refractivity contribution in [2.24, 2.45) is 5.92 Å². The number of rotatable bonds is 9. The second-order valence-electron chi connectivity index (χ2n) is 5.60. The predicted molar refractivity (Wildman–Crippen MR) is 72.9 cm³/mol. The molecule has 0 radical (unpaired) electrons. The van der Waals surface area contributed by atoms with E-state index in [1.807, 2.05) is 6.92 Å². The smallest absolute Gasteiger partial charge is 0.463 e. The van der Waals surface area contributed by atoms with Crippen molar-refractivity contribution in [3.05, 3.63) is 0 Å². The lowest BCUT2D eigenvalue weighted by atomic mass is 10.0. The highest BCUT2D eigenvalue weighted by Crippen LogP contribution is 2.35. The van der Waals surface area contributed by atoms with Gasteiger partial charge in [0.25, 0.3) is 0 Å². The van der Waals surface area contributed by atoms with Crippen molar-refractivity contribution < 1.29 is 36.3 Å². The van der Waals surface area contributed by atoms with Gasteiger partial charge in [-0.05, 0) is 18.8 Å². The highest BCUT2D eigenvalue weighted by atomic mass is 19.4. The topological polar surface area (TPSA) is 55.4 Å². The number of amides is 1. The first-order chi connectivity index (χ1) is 10.4. The summed E-state index contributed by atoms with van der Waals surface area (Å²) < 4.78 is 67.2. The number of unbranched alkanes of at least 4 members (excludes halogenated alkanes) is 2. The SMILES string of the molecule is CCCCCOC(=O)C(CC(C)C)NC(=O)C(F)(F)C(F)(F)F. The van der Waals surface area contributed by atoms with Crippen LogP contribution in [0.5, 0.6) is 0 Å². The van der Waals surface area contributed by atoms with Crippen LogP contribution in [0.2, 0.25) is 0 Å². The van der Waals surface area contributed by atoms with Crippen molar-refractivity contribution in [2.45, 2.75) is 64.6 Å². The van der Waals surface area contributed by atoms with Gasteiger partial charge in [0.15, 0.2) is 0 Å². The molecule has 1 unspecified atom stereocenters. The molecule has 1 atom stereocenters. The van der Waals surface area contributed by atoms with Crippen LogP contribution in [0.3, 0.4) is 0 Å². The number of esters is 1. The molecule has 0 aliphatic rings. The largest absolute Gasteiger partial charge is 0.464 e. The fourth-order valence-electron chi connectivity index (χ4n) is 1.69. The molecule has 9 heteroatoms. The van der Waals surface area contributed by atoms with Gasteiger partial charge in [-0.3, -0.25) is 4.79 Å². The summed E-state index contributed by atoms with van der Waals surface area (Å²) in [6.07, 6.45) is -3.94. The fourth-order valence-corrected chi connectivity index (χ4v) is 1.69. The molecule has 0 aromatic heterocycles. The van der Waals surface area contributed by atoms with E-state index in [1.165, 1.54) is 5.32 Å². The van der Waals surface area contributed by atoms with Gasteiger partial charge in [-0.1, -0.05) is 33.6 Å². The van der Waals surface area contributed by atoms with Crippen molar-refractivity contribution in [1.29, 1.82) is 0 Å². The summed E-state index contributed by atoms with van der Waals surface area (Å²) in [5.74, 6) is -9.35. The maximum atomic E-state index is 12.9. The number of hydrogen-bond donors (Lipinski definition) is 1. The summed E-state index contributed by atoms with van der Waals surface area (Å²) in [4.78, 5) is 23.0. The molecule has 0 aliphatic heterocycles. The maximum absolute atomic E-state index is 12.9. The predicted octanol–water partition coefficient (Wildman–Crippen LogP) is 3.45. The Kier molecular flexibility index (Phi) is 8.47. The normalized spacial score (nSPS) is 13.8. The number of alkyl halides is 5. The molecule has 23 heavy (non-hydrogen) atoms. The first kappa shape index (κ1) is 21.6. The van der Waals surface area contributed by atoms with Gasteiger partial charge in [-0.25, -0.2) is 4.79 Å². The zero-order valence-electron chi connectivity index (χ0n) is 13.3. The highest BCUT2D eigenvalue weighted by molar-refractivity contribution is 5.89. The van der Waals surface area contributed by atoms with Gasteiger partial charge in [0, 0.05) is 0 Å². The van der Waals surface area contributed by atoms with Crippen molar-refractivity contribution in [3.8, 4) is 0 Å². The van der Waals surface area contributed by atoms with Gasteiger partial charge in [-0.2, -0.15) is 22.0 Å². The van der Waals surface area contributed by atoms with E-state index in [2.05, 4.69) is 0 Å². The molecule has 0 bridgehead atoms.